The summed E-state index contributed by atoms with van der Waals surface area (Å²) in [4.78, 5) is 28.5. The van der Waals surface area contributed by atoms with E-state index < -0.39 is 29.9 Å². The first kappa shape index (κ1) is 22.5. The predicted octanol–water partition coefficient (Wildman–Crippen LogP) is 4.49. The molecule has 3 rings (SSSR count). The molecule has 31 heavy (non-hydrogen) atoms. The van der Waals surface area contributed by atoms with Crippen molar-refractivity contribution in [3.63, 3.8) is 0 Å². The van der Waals surface area contributed by atoms with E-state index in [-0.39, 0.29) is 17.1 Å². The summed E-state index contributed by atoms with van der Waals surface area (Å²) in [5, 5.41) is 2.75. The Labute approximate surface area is 177 Å². The Morgan fingerprint density at radius 3 is 2.32 bits per heavy atom. The lowest BCUT2D eigenvalue weighted by molar-refractivity contribution is -0.142. The van der Waals surface area contributed by atoms with E-state index in [1.165, 1.54) is 23.8 Å². The van der Waals surface area contributed by atoms with Gasteiger partial charge in [0.2, 0.25) is 11.6 Å². The lowest BCUT2D eigenvalue weighted by Gasteiger charge is -2.17. The Kier molecular flexibility index (Phi) is 6.48. The molecule has 0 aliphatic heterocycles. The molecule has 0 aliphatic rings. The molecule has 164 valence electrons. The predicted molar refractivity (Wildman–Crippen MR) is 113 cm³/mol. The first-order valence-electron chi connectivity index (χ1n) is 10.0. The van der Waals surface area contributed by atoms with E-state index in [1.54, 1.807) is 13.0 Å². The molecule has 1 heterocycles. The minimum atomic E-state index is -4.91. The number of carbonyl (C=O) groups excluding carboxylic acids is 1. The van der Waals surface area contributed by atoms with Gasteiger partial charge in [0, 0.05) is 0 Å². The number of hydrogen-bond donors (Lipinski definition) is 1. The van der Waals surface area contributed by atoms with Crippen LogP contribution in [0.25, 0.3) is 11.0 Å². The van der Waals surface area contributed by atoms with Crippen molar-refractivity contribution in [1.29, 1.82) is 0 Å². The Morgan fingerprint density at radius 2 is 1.71 bits per heavy atom. The molecule has 0 saturated heterocycles. The number of carbonyl (C=O) groups is 1. The van der Waals surface area contributed by atoms with Crippen molar-refractivity contribution in [1.82, 2.24) is 14.9 Å². The van der Waals surface area contributed by atoms with Gasteiger partial charge in [0.15, 0.2) is 0 Å². The van der Waals surface area contributed by atoms with Crippen LogP contribution in [-0.2, 0) is 23.9 Å². The number of halogens is 3. The second kappa shape index (κ2) is 8.91. The van der Waals surface area contributed by atoms with Gasteiger partial charge < -0.3 is 5.32 Å². The molecule has 2 aromatic carbocycles. The SMILES string of the molecule is CC(C)Cc1ccc(C(C)NC(=O)Cn2c(=O)c(C(F)(F)F)nc3ccccc32)cc1. The third-order valence-corrected chi connectivity index (χ3v) is 4.92. The van der Waals surface area contributed by atoms with Crippen LogP contribution < -0.4 is 10.9 Å². The van der Waals surface area contributed by atoms with Gasteiger partial charge in [-0.3, -0.25) is 14.2 Å². The van der Waals surface area contributed by atoms with Gasteiger partial charge in [0.05, 0.1) is 17.1 Å². The summed E-state index contributed by atoms with van der Waals surface area (Å²) in [7, 11) is 0. The fourth-order valence-corrected chi connectivity index (χ4v) is 3.46. The molecule has 0 fully saturated rings. The minimum absolute atomic E-state index is 0.00369. The Bertz CT molecular complexity index is 1140. The van der Waals surface area contributed by atoms with Crippen LogP contribution in [0.5, 0.6) is 0 Å². The number of fused-ring (bicyclic) bond motifs is 1. The summed E-state index contributed by atoms with van der Waals surface area (Å²) in [6, 6.07) is 13.4. The second-order valence-electron chi connectivity index (χ2n) is 7.97. The van der Waals surface area contributed by atoms with Gasteiger partial charge in [0.25, 0.3) is 5.56 Å². The lowest BCUT2D eigenvalue weighted by Crippen LogP contribution is -2.37. The number of aromatic nitrogens is 2. The van der Waals surface area contributed by atoms with Gasteiger partial charge in [0.1, 0.15) is 6.54 Å². The number of nitrogens with one attached hydrogen (secondary N) is 1. The molecule has 0 bridgehead atoms. The Balaban J connectivity index is 1.83. The molecular weight excluding hydrogens is 407 g/mol. The molecule has 0 spiro atoms. The van der Waals surface area contributed by atoms with Crippen molar-refractivity contribution in [2.45, 2.75) is 46.0 Å². The summed E-state index contributed by atoms with van der Waals surface area (Å²) < 4.78 is 40.6. The van der Waals surface area contributed by atoms with Gasteiger partial charge in [-0.2, -0.15) is 13.2 Å². The van der Waals surface area contributed by atoms with Crippen molar-refractivity contribution in [3.8, 4) is 0 Å². The number of amides is 1. The minimum Gasteiger partial charge on any atom is -0.348 e. The molecule has 5 nitrogen and oxygen atoms in total. The normalized spacial score (nSPS) is 12.9. The fourth-order valence-electron chi connectivity index (χ4n) is 3.46. The Morgan fingerprint density at radius 1 is 1.06 bits per heavy atom. The maximum Gasteiger partial charge on any atom is 0.438 e. The number of rotatable bonds is 6. The molecule has 1 atom stereocenters. The molecule has 1 aromatic heterocycles. The highest BCUT2D eigenvalue weighted by molar-refractivity contribution is 5.80. The van der Waals surface area contributed by atoms with E-state index in [0.29, 0.717) is 5.92 Å². The van der Waals surface area contributed by atoms with Crippen LogP contribution in [0.4, 0.5) is 13.2 Å². The third kappa shape index (κ3) is 5.31. The zero-order valence-corrected chi connectivity index (χ0v) is 17.5. The van der Waals surface area contributed by atoms with Gasteiger partial charge in [-0.25, -0.2) is 4.98 Å². The lowest BCUT2D eigenvalue weighted by atomic mass is 10.00. The van der Waals surface area contributed by atoms with Gasteiger partial charge in [-0.05, 0) is 42.5 Å². The number of para-hydroxylation sites is 2. The van der Waals surface area contributed by atoms with Gasteiger partial charge in [-0.15, -0.1) is 0 Å². The average molecular weight is 431 g/mol. The van der Waals surface area contributed by atoms with E-state index >= 15 is 0 Å². The molecule has 1 amide bonds. The van der Waals surface area contributed by atoms with E-state index in [4.69, 9.17) is 0 Å². The maximum atomic E-state index is 13.3. The van der Waals surface area contributed by atoms with Gasteiger partial charge >= 0.3 is 6.18 Å². The second-order valence-corrected chi connectivity index (χ2v) is 7.97. The topological polar surface area (TPSA) is 64.0 Å². The first-order valence-corrected chi connectivity index (χ1v) is 10.0. The number of nitrogens with zero attached hydrogens (tertiary/aromatic N) is 2. The molecule has 0 aliphatic carbocycles. The van der Waals surface area contributed by atoms with E-state index in [0.717, 1.165) is 16.6 Å². The average Bonchev–Trinajstić information content (AvgIpc) is 2.69. The van der Waals surface area contributed by atoms with Crippen molar-refractivity contribution in [3.05, 3.63) is 75.7 Å². The summed E-state index contributed by atoms with van der Waals surface area (Å²) in [5.41, 5.74) is -0.660. The summed E-state index contributed by atoms with van der Waals surface area (Å²) in [6.07, 6.45) is -3.97. The van der Waals surface area contributed by atoms with Gasteiger partial charge in [-0.1, -0.05) is 50.2 Å². The molecule has 1 N–H and O–H groups in total. The largest absolute Gasteiger partial charge is 0.438 e. The van der Waals surface area contributed by atoms with Crippen molar-refractivity contribution < 1.29 is 18.0 Å². The van der Waals surface area contributed by atoms with Crippen molar-refractivity contribution in [2.24, 2.45) is 5.92 Å². The van der Waals surface area contributed by atoms with Crippen LogP contribution in [0.1, 0.15) is 43.6 Å². The molecule has 1 unspecified atom stereocenters. The quantitative estimate of drug-likeness (QED) is 0.626. The molecular formula is C23H24F3N3O2. The van der Waals surface area contributed by atoms with E-state index in [9.17, 15) is 22.8 Å². The zero-order chi connectivity index (χ0) is 22.8. The fraction of sp³-hybridized carbons (Fsp3) is 0.348. The number of benzene rings is 2. The summed E-state index contributed by atoms with van der Waals surface area (Å²) in [5.74, 6) is -0.0385. The van der Waals surface area contributed by atoms with Crippen LogP contribution in [0.15, 0.2) is 53.3 Å². The zero-order valence-electron chi connectivity index (χ0n) is 17.5. The molecule has 8 heteroatoms. The van der Waals surface area contributed by atoms with Crippen LogP contribution in [0, 0.1) is 5.92 Å². The summed E-state index contributed by atoms with van der Waals surface area (Å²) in [6.45, 7) is 5.50. The summed E-state index contributed by atoms with van der Waals surface area (Å²) >= 11 is 0. The third-order valence-electron chi connectivity index (χ3n) is 4.92. The Hall–Kier alpha value is -3.16. The van der Waals surface area contributed by atoms with E-state index in [2.05, 4.69) is 24.1 Å². The smallest absolute Gasteiger partial charge is 0.348 e. The van der Waals surface area contributed by atoms with Crippen LogP contribution >= 0.6 is 0 Å². The number of alkyl halides is 3. The highest BCUT2D eigenvalue weighted by Gasteiger charge is 2.37. The van der Waals surface area contributed by atoms with Crippen LogP contribution in [-0.4, -0.2) is 15.5 Å². The standard InChI is InChI=1S/C23H24F3N3O2/c1-14(2)12-16-8-10-17(11-9-16)15(3)27-20(30)13-29-19-7-5-4-6-18(19)28-21(22(29)31)23(24,25)26/h4-11,14-15H,12-13H2,1-3H3,(H,27,30). The maximum absolute atomic E-state index is 13.3. The van der Waals surface area contributed by atoms with E-state index in [1.807, 2.05) is 24.3 Å². The van der Waals surface area contributed by atoms with Crippen molar-refractivity contribution in [2.75, 3.05) is 0 Å². The number of hydrogen-bond acceptors (Lipinski definition) is 3. The monoisotopic (exact) mass is 431 g/mol. The highest BCUT2D eigenvalue weighted by Crippen LogP contribution is 2.26. The molecule has 3 aromatic rings. The van der Waals surface area contributed by atoms with Crippen molar-refractivity contribution >= 4 is 16.9 Å². The van der Waals surface area contributed by atoms with Crippen LogP contribution in [0.2, 0.25) is 0 Å². The first-order chi connectivity index (χ1) is 14.6. The molecule has 0 saturated carbocycles. The highest BCUT2D eigenvalue weighted by atomic mass is 19.4. The molecule has 0 radical (unpaired) electrons. The van der Waals surface area contributed by atoms with Crippen LogP contribution in [0.3, 0.4) is 0 Å².